The molecular weight excluding hydrogens is 1040 g/mol. The maximum absolute atomic E-state index is 14.2. The molecule has 29 heteroatoms. The molecule has 21 N–H and O–H groups in total. The fourth-order valence-corrected chi connectivity index (χ4v) is 7.82. The van der Waals surface area contributed by atoms with Crippen LogP contribution >= 0.6 is 0 Å². The number of carbonyl (C=O) groups excluding carboxylic acids is 9. The van der Waals surface area contributed by atoms with Crippen molar-refractivity contribution < 1.29 is 63.3 Å². The highest BCUT2D eigenvalue weighted by Crippen LogP contribution is 2.13. The molecule has 0 saturated heterocycles. The second kappa shape index (κ2) is 35.0. The molecule has 80 heavy (non-hydrogen) atoms. The molecule has 1 aromatic heterocycles. The zero-order chi connectivity index (χ0) is 60.2. The summed E-state index contributed by atoms with van der Waals surface area (Å²) in [6.07, 6.45) is 0.365. The number of imidazole rings is 1. The van der Waals surface area contributed by atoms with E-state index >= 15 is 0 Å². The Balaban J connectivity index is 2.27. The summed E-state index contributed by atoms with van der Waals surface area (Å²) in [7, 11) is 0. The molecule has 29 nitrogen and oxygen atoms in total. The lowest BCUT2D eigenvalue weighted by molar-refractivity contribution is -0.143. The highest BCUT2D eigenvalue weighted by atomic mass is 16.4. The van der Waals surface area contributed by atoms with Crippen LogP contribution in [0, 0.1) is 11.8 Å². The van der Waals surface area contributed by atoms with Gasteiger partial charge in [-0.05, 0) is 76.8 Å². The number of carboxylic acids is 1. The Labute approximate surface area is 464 Å². The number of amides is 9. The Bertz CT molecular complexity index is 2370. The predicted molar refractivity (Wildman–Crippen MR) is 293 cm³/mol. The number of aliphatic hydroxyl groups is 2. The summed E-state index contributed by atoms with van der Waals surface area (Å²) in [6, 6.07) is -3.88. The fourth-order valence-electron chi connectivity index (χ4n) is 7.82. The minimum atomic E-state index is -1.84. The van der Waals surface area contributed by atoms with Crippen LogP contribution in [0.3, 0.4) is 0 Å². The van der Waals surface area contributed by atoms with Crippen molar-refractivity contribution >= 4 is 65.1 Å². The summed E-state index contributed by atoms with van der Waals surface area (Å²) in [5.74, 6) is -9.95. The molecular formula is C51H84N16O13. The third kappa shape index (κ3) is 24.5. The first-order chi connectivity index (χ1) is 37.7. The van der Waals surface area contributed by atoms with E-state index in [4.69, 9.17) is 22.9 Å². The number of nitrogens with one attached hydrogen (secondary N) is 10. The topological polar surface area (TPSA) is 485 Å². The number of guanidine groups is 1. The molecule has 2 rings (SSSR count). The van der Waals surface area contributed by atoms with E-state index in [9.17, 15) is 63.3 Å². The third-order valence-electron chi connectivity index (χ3n) is 12.6. The SMILES string of the molecule is CCC(C)[C@H](NC(=O)[C@H](CCCN)NC(=O)CNC(=O)[C@@H](NC(=O)[C@@H](NC(=O)[C@H](Cc1cnc[nH]1)NC(=O)[C@@H](Cc1ccccc1)NC(=O)[C@H](C)NC(=O)[C@@H](N)CCCN=C(N)N)[C@@H](C)O)[C@@H](C)O)C(=O)N[C@H](CC(C)C)C(=O)O. The Kier molecular flexibility index (Phi) is 29.9. The highest BCUT2D eigenvalue weighted by molar-refractivity contribution is 5.98. The van der Waals surface area contributed by atoms with Crippen molar-refractivity contribution in [2.45, 2.75) is 166 Å². The fraction of sp³-hybridized carbons (Fsp3) is 0.608. The van der Waals surface area contributed by atoms with Crippen LogP contribution < -0.4 is 70.8 Å². The maximum Gasteiger partial charge on any atom is 0.326 e. The normalized spacial score (nSPS) is 15.7. The molecule has 2 aromatic rings. The van der Waals surface area contributed by atoms with Gasteiger partial charge in [-0.15, -0.1) is 0 Å². The first-order valence-corrected chi connectivity index (χ1v) is 26.5. The van der Waals surface area contributed by atoms with E-state index in [2.05, 4.69) is 62.8 Å². The Morgan fingerprint density at radius 3 is 1.75 bits per heavy atom. The predicted octanol–water partition coefficient (Wildman–Crippen LogP) is -4.73. The van der Waals surface area contributed by atoms with E-state index < -0.39 is 138 Å². The molecule has 0 aliphatic carbocycles. The minimum Gasteiger partial charge on any atom is -0.480 e. The number of aliphatic imine (C=N–C) groups is 1. The van der Waals surface area contributed by atoms with Crippen LogP contribution in [0.4, 0.5) is 0 Å². The number of carboxylic acid groups (broad SMARTS) is 1. The second-order valence-electron chi connectivity index (χ2n) is 20.0. The highest BCUT2D eigenvalue weighted by Gasteiger charge is 2.37. The van der Waals surface area contributed by atoms with Crippen LogP contribution in [-0.2, 0) is 60.8 Å². The number of aromatic nitrogens is 2. The number of aliphatic hydroxyl groups excluding tert-OH is 2. The summed E-state index contributed by atoms with van der Waals surface area (Å²) in [6.45, 7) is 10.3. The van der Waals surface area contributed by atoms with Crippen LogP contribution in [-0.4, -0.2) is 177 Å². The molecule has 0 fully saturated rings. The standard InChI is InChI=1S/C51H84N16O13/c1-8-27(4)39(48(77)64-37(50(79)80)20-26(2)3)65-44(73)34(17-12-18-52)61-38(70)24-58-47(76)40(29(6)68)67-49(78)41(30(7)69)66-46(75)36(22-32-23-56-25-59-32)63-45(74)35(21-31-14-10-9-11-15-31)62-42(71)28(5)60-43(72)33(53)16-13-19-57-51(54)55/h9-11,14-15,23,25-30,33-37,39-41,68-69H,8,12-13,16-22,24,52-53H2,1-7H3,(H,56,59)(H,58,76)(H,60,72)(H,61,70)(H,62,71)(H,63,74)(H,64,77)(H,65,73)(H,66,75)(H,67,78)(H,79,80)(H4,54,55,57)/t27?,28-,29+,30+,33-,34-,35+,36-,37+,39-,40-,41-/m0/s1. The van der Waals surface area contributed by atoms with Crippen molar-refractivity contribution in [2.75, 3.05) is 19.6 Å². The molecule has 1 heterocycles. The van der Waals surface area contributed by atoms with Gasteiger partial charge in [0.05, 0.1) is 31.1 Å². The molecule has 0 aliphatic rings. The Morgan fingerprint density at radius 1 is 0.637 bits per heavy atom. The van der Waals surface area contributed by atoms with Gasteiger partial charge in [-0.2, -0.15) is 0 Å². The van der Waals surface area contributed by atoms with Gasteiger partial charge in [0.15, 0.2) is 5.96 Å². The molecule has 9 amide bonds. The first kappa shape index (κ1) is 68.3. The van der Waals surface area contributed by atoms with Crippen molar-refractivity contribution in [3.05, 3.63) is 54.1 Å². The van der Waals surface area contributed by atoms with Crippen LogP contribution in [0.15, 0.2) is 47.8 Å². The van der Waals surface area contributed by atoms with Crippen LogP contribution in [0.25, 0.3) is 0 Å². The van der Waals surface area contributed by atoms with Gasteiger partial charge in [-0.1, -0.05) is 64.4 Å². The summed E-state index contributed by atoms with van der Waals surface area (Å²) in [5, 5.41) is 53.4. The summed E-state index contributed by atoms with van der Waals surface area (Å²) >= 11 is 0. The molecule has 0 radical (unpaired) electrons. The van der Waals surface area contributed by atoms with Crippen LogP contribution in [0.2, 0.25) is 0 Å². The van der Waals surface area contributed by atoms with Gasteiger partial charge in [0.2, 0.25) is 53.2 Å². The van der Waals surface area contributed by atoms with Crippen molar-refractivity contribution in [3.8, 4) is 0 Å². The van der Waals surface area contributed by atoms with E-state index in [0.29, 0.717) is 24.1 Å². The molecule has 0 spiro atoms. The van der Waals surface area contributed by atoms with Crippen molar-refractivity contribution in [1.82, 2.24) is 57.8 Å². The number of hydrogen-bond donors (Lipinski definition) is 17. The lowest BCUT2D eigenvalue weighted by Crippen LogP contribution is -2.63. The number of aliphatic carboxylic acids is 1. The molecule has 1 unspecified atom stereocenters. The lowest BCUT2D eigenvalue weighted by Gasteiger charge is -2.28. The van der Waals surface area contributed by atoms with Gasteiger partial charge in [0.25, 0.3) is 0 Å². The number of hydrogen-bond acceptors (Lipinski definition) is 16. The number of nitrogens with zero attached hydrogens (tertiary/aromatic N) is 2. The van der Waals surface area contributed by atoms with Crippen molar-refractivity contribution in [1.29, 1.82) is 0 Å². The van der Waals surface area contributed by atoms with E-state index in [1.165, 1.54) is 19.4 Å². The molecule has 0 saturated carbocycles. The Hall–Kier alpha value is -7.76. The second-order valence-corrected chi connectivity index (χ2v) is 20.0. The quantitative estimate of drug-likeness (QED) is 0.0173. The number of H-pyrrole nitrogens is 1. The third-order valence-corrected chi connectivity index (χ3v) is 12.6. The number of nitrogens with two attached hydrogens (primary N) is 4. The average Bonchev–Trinajstić information content (AvgIpc) is 3.92. The van der Waals surface area contributed by atoms with Gasteiger partial charge in [-0.25, -0.2) is 9.78 Å². The maximum atomic E-state index is 14.2. The minimum absolute atomic E-state index is 0.000139. The number of benzene rings is 1. The molecule has 1 aromatic carbocycles. The molecule has 446 valence electrons. The van der Waals surface area contributed by atoms with Crippen molar-refractivity contribution in [3.63, 3.8) is 0 Å². The average molecular weight is 1130 g/mol. The number of aromatic amines is 1. The van der Waals surface area contributed by atoms with Crippen molar-refractivity contribution in [2.24, 2.45) is 39.8 Å². The molecule has 12 atom stereocenters. The monoisotopic (exact) mass is 1130 g/mol. The largest absolute Gasteiger partial charge is 0.480 e. The zero-order valence-electron chi connectivity index (χ0n) is 46.5. The number of carbonyl (C=O) groups is 10. The van der Waals surface area contributed by atoms with Gasteiger partial charge in [0, 0.05) is 31.3 Å². The van der Waals surface area contributed by atoms with Gasteiger partial charge in [0.1, 0.15) is 48.3 Å². The van der Waals surface area contributed by atoms with Gasteiger partial charge < -0.3 is 91.1 Å². The van der Waals surface area contributed by atoms with Gasteiger partial charge >= 0.3 is 5.97 Å². The lowest BCUT2D eigenvalue weighted by atomic mass is 9.96. The van der Waals surface area contributed by atoms with Gasteiger partial charge in [-0.3, -0.25) is 48.1 Å². The number of rotatable bonds is 36. The van der Waals surface area contributed by atoms with E-state index in [-0.39, 0.29) is 63.5 Å². The smallest absolute Gasteiger partial charge is 0.326 e. The zero-order valence-corrected chi connectivity index (χ0v) is 46.5. The van der Waals surface area contributed by atoms with E-state index in [1.54, 1.807) is 58.0 Å². The molecule has 0 bridgehead atoms. The van der Waals surface area contributed by atoms with Crippen LogP contribution in [0.1, 0.15) is 98.2 Å². The Morgan fingerprint density at radius 2 is 1.19 bits per heavy atom. The van der Waals surface area contributed by atoms with Crippen LogP contribution in [0.5, 0.6) is 0 Å². The molecule has 0 aliphatic heterocycles. The summed E-state index contributed by atoms with van der Waals surface area (Å²) in [4.78, 5) is 145. The summed E-state index contributed by atoms with van der Waals surface area (Å²) < 4.78 is 0. The van der Waals surface area contributed by atoms with E-state index in [1.807, 2.05) is 0 Å². The summed E-state index contributed by atoms with van der Waals surface area (Å²) in [5.41, 5.74) is 23.3. The first-order valence-electron chi connectivity index (χ1n) is 26.5. The van der Waals surface area contributed by atoms with E-state index in [0.717, 1.165) is 13.8 Å².